The van der Waals surface area contributed by atoms with Gasteiger partial charge in [0, 0.05) is 11.6 Å². The summed E-state index contributed by atoms with van der Waals surface area (Å²) in [5.41, 5.74) is -0.262. The quantitative estimate of drug-likeness (QED) is 0.305. The zero-order valence-electron chi connectivity index (χ0n) is 13.3. The van der Waals surface area contributed by atoms with Gasteiger partial charge in [-0.15, -0.1) is 0 Å². The number of rotatable bonds is 5. The third-order valence-electron chi connectivity index (χ3n) is 2.91. The van der Waals surface area contributed by atoms with Crippen LogP contribution in [0.5, 0.6) is 5.75 Å². The van der Waals surface area contributed by atoms with E-state index in [0.29, 0.717) is 6.07 Å². The predicted octanol–water partition coefficient (Wildman–Crippen LogP) is -0.348. The number of benzene rings is 2. The van der Waals surface area contributed by atoms with E-state index in [1.165, 1.54) is 13.0 Å². The van der Waals surface area contributed by atoms with Crippen LogP contribution in [-0.2, 0) is 15.1 Å². The molecule has 2 aromatic carbocycles. The summed E-state index contributed by atoms with van der Waals surface area (Å²) in [4.78, 5) is 11.9. The Morgan fingerprint density at radius 2 is 1.84 bits per heavy atom. The van der Waals surface area contributed by atoms with E-state index in [1.807, 2.05) is 0 Å². The van der Waals surface area contributed by atoms with Gasteiger partial charge < -0.3 is 13.5 Å². The molecule has 0 radical (unpaired) electrons. The summed E-state index contributed by atoms with van der Waals surface area (Å²) >= 11 is 0. The molecule has 0 heterocycles. The minimum Gasteiger partial charge on any atom is -0.716 e. The van der Waals surface area contributed by atoms with E-state index in [1.54, 1.807) is 0 Å². The third kappa shape index (κ3) is 5.75. The Balaban J connectivity index is 0.00000312. The molecule has 6 nitrogen and oxygen atoms in total. The molecule has 128 valence electrons. The Morgan fingerprint density at radius 3 is 2.40 bits per heavy atom. The van der Waals surface area contributed by atoms with Gasteiger partial charge in [0.25, 0.3) is 10.4 Å². The predicted molar refractivity (Wildman–Crippen MR) is 78.1 cm³/mol. The number of carbonyl (C=O) groups excluding carboxylic acids is 1. The van der Waals surface area contributed by atoms with Crippen molar-refractivity contribution in [3.05, 3.63) is 53.6 Å². The fourth-order valence-electron chi connectivity index (χ4n) is 1.97. The van der Waals surface area contributed by atoms with Crippen molar-refractivity contribution in [3.8, 4) is 16.9 Å². The maximum absolute atomic E-state index is 13.9. The first-order valence-electron chi connectivity index (χ1n) is 6.63. The average molecular weight is 380 g/mol. The topological polar surface area (TPSA) is 92.7 Å². The van der Waals surface area contributed by atoms with Gasteiger partial charge in [0.05, 0.1) is 6.61 Å². The fourth-order valence-corrected chi connectivity index (χ4v) is 2.34. The van der Waals surface area contributed by atoms with Crippen molar-refractivity contribution in [2.24, 2.45) is 0 Å². The minimum absolute atomic E-state index is 0. The number of halogens is 2. The van der Waals surface area contributed by atoms with Gasteiger partial charge in [-0.1, -0.05) is 6.07 Å². The Kier molecular flexibility index (Phi) is 7.51. The second-order valence-electron chi connectivity index (χ2n) is 4.55. The second kappa shape index (κ2) is 8.72. The molecule has 2 rings (SSSR count). The molecule has 0 atom stereocenters. The monoisotopic (exact) mass is 380 g/mol. The minimum atomic E-state index is -5.12. The van der Waals surface area contributed by atoms with Crippen LogP contribution in [0.15, 0.2) is 36.4 Å². The van der Waals surface area contributed by atoms with Crippen molar-refractivity contribution in [2.45, 2.75) is 6.92 Å². The van der Waals surface area contributed by atoms with Gasteiger partial charge in [0.15, 0.2) is 5.75 Å². The molecule has 0 amide bonds. The van der Waals surface area contributed by atoms with Crippen LogP contribution in [0, 0.1) is 11.6 Å². The van der Waals surface area contributed by atoms with Gasteiger partial charge in [-0.3, -0.25) is 0 Å². The Morgan fingerprint density at radius 1 is 1.16 bits per heavy atom. The van der Waals surface area contributed by atoms with Crippen LogP contribution < -0.4 is 33.7 Å². The second-order valence-corrected chi connectivity index (χ2v) is 5.53. The van der Waals surface area contributed by atoms with Crippen LogP contribution in [0.25, 0.3) is 11.1 Å². The molecule has 10 heteroatoms. The summed E-state index contributed by atoms with van der Waals surface area (Å²) in [6.45, 7) is 1.50. The van der Waals surface area contributed by atoms with Gasteiger partial charge in [-0.25, -0.2) is 22.0 Å². The number of ether oxygens (including phenoxy) is 1. The SMILES string of the molecule is CCOC(=O)c1cc(-c2ccc(F)cc2F)ccc1OS(=O)(=O)[O-].[Na+]. The van der Waals surface area contributed by atoms with Crippen molar-refractivity contribution >= 4 is 16.4 Å². The molecule has 0 N–H and O–H groups in total. The maximum atomic E-state index is 13.9. The largest absolute Gasteiger partial charge is 1.00 e. The van der Waals surface area contributed by atoms with Gasteiger partial charge in [-0.2, -0.15) is 0 Å². The number of carbonyl (C=O) groups is 1. The molecule has 0 aromatic heterocycles. The number of hydrogen-bond acceptors (Lipinski definition) is 6. The summed E-state index contributed by atoms with van der Waals surface area (Å²) in [5.74, 6) is -3.16. The molecular weight excluding hydrogens is 369 g/mol. The molecule has 0 fully saturated rings. The van der Waals surface area contributed by atoms with Gasteiger partial charge in [0.2, 0.25) is 0 Å². The zero-order valence-corrected chi connectivity index (χ0v) is 16.1. The van der Waals surface area contributed by atoms with Crippen LogP contribution in [0.4, 0.5) is 8.78 Å². The molecule has 0 aliphatic carbocycles. The van der Waals surface area contributed by atoms with Crippen LogP contribution in [0.2, 0.25) is 0 Å². The smallest absolute Gasteiger partial charge is 0.716 e. The van der Waals surface area contributed by atoms with Crippen LogP contribution in [-0.4, -0.2) is 25.5 Å². The van der Waals surface area contributed by atoms with Crippen LogP contribution >= 0.6 is 0 Å². The van der Waals surface area contributed by atoms with E-state index < -0.39 is 33.8 Å². The first kappa shape index (κ1) is 21.5. The van der Waals surface area contributed by atoms with Gasteiger partial charge in [0.1, 0.15) is 17.2 Å². The summed E-state index contributed by atoms with van der Waals surface area (Å²) in [6, 6.07) is 6.16. The summed E-state index contributed by atoms with van der Waals surface area (Å²) in [7, 11) is -5.12. The molecule has 0 unspecified atom stereocenters. The first-order valence-corrected chi connectivity index (χ1v) is 7.96. The van der Waals surface area contributed by atoms with Crippen LogP contribution in [0.1, 0.15) is 17.3 Å². The summed E-state index contributed by atoms with van der Waals surface area (Å²) in [5, 5.41) is 0. The standard InChI is InChI=1S/C15H12F2O6S.Na/c1-2-22-15(18)12-7-9(3-6-14(12)23-24(19,20)21)11-5-4-10(16)8-13(11)17;/h3-8H,2H2,1H3,(H,19,20,21);/q;+1/p-1. The maximum Gasteiger partial charge on any atom is 1.00 e. The molecule has 0 spiro atoms. The Labute approximate surface area is 165 Å². The Bertz CT molecular complexity index is 886. The van der Waals surface area contributed by atoms with Crippen LogP contribution in [0.3, 0.4) is 0 Å². The molecule has 0 saturated heterocycles. The fraction of sp³-hybridized carbons (Fsp3) is 0.133. The van der Waals surface area contributed by atoms with E-state index in [0.717, 1.165) is 24.3 Å². The number of hydrogen-bond donors (Lipinski definition) is 0. The molecule has 0 saturated carbocycles. The van der Waals surface area contributed by atoms with Gasteiger partial charge in [-0.05, 0) is 36.8 Å². The molecule has 25 heavy (non-hydrogen) atoms. The third-order valence-corrected chi connectivity index (χ3v) is 3.29. The Hall–Kier alpha value is -1.52. The number of esters is 1. The van der Waals surface area contributed by atoms with E-state index >= 15 is 0 Å². The summed E-state index contributed by atoms with van der Waals surface area (Å²) in [6.07, 6.45) is 0. The molecule has 0 bridgehead atoms. The van der Waals surface area contributed by atoms with Crippen molar-refractivity contribution in [1.29, 1.82) is 0 Å². The molecular formula is C15H11F2NaO6S. The zero-order chi connectivity index (χ0) is 17.9. The average Bonchev–Trinajstić information content (AvgIpc) is 2.46. The van der Waals surface area contributed by atoms with E-state index in [-0.39, 0.29) is 52.9 Å². The molecule has 0 aliphatic rings. The van der Waals surface area contributed by atoms with Crippen molar-refractivity contribution < 1.29 is 65.0 Å². The summed E-state index contributed by atoms with van der Waals surface area (Å²) < 4.78 is 68.0. The van der Waals surface area contributed by atoms with Crippen molar-refractivity contribution in [3.63, 3.8) is 0 Å². The van der Waals surface area contributed by atoms with E-state index in [2.05, 4.69) is 4.18 Å². The molecule has 2 aromatic rings. The molecule has 0 aliphatic heterocycles. The van der Waals surface area contributed by atoms with Gasteiger partial charge >= 0.3 is 35.5 Å². The first-order chi connectivity index (χ1) is 11.2. The van der Waals surface area contributed by atoms with E-state index in [9.17, 15) is 26.5 Å². The normalized spacial score (nSPS) is 10.7. The van der Waals surface area contributed by atoms with Crippen molar-refractivity contribution in [1.82, 2.24) is 0 Å². The van der Waals surface area contributed by atoms with E-state index in [4.69, 9.17) is 4.74 Å². The van der Waals surface area contributed by atoms with Crippen molar-refractivity contribution in [2.75, 3.05) is 6.61 Å².